The molecule has 2 rings (SSSR count). The third kappa shape index (κ3) is 1.78. The molecule has 2 nitrogen and oxygen atoms in total. The van der Waals surface area contributed by atoms with Crippen molar-refractivity contribution in [1.82, 2.24) is 9.55 Å². The largest absolute Gasteiger partial charge is 0.330 e. The molecule has 84 valence electrons. The molecule has 0 aliphatic heterocycles. The summed E-state index contributed by atoms with van der Waals surface area (Å²) in [5, 5.41) is 0. The van der Waals surface area contributed by atoms with Crippen LogP contribution in [0.25, 0.3) is 11.3 Å². The third-order valence-electron chi connectivity index (χ3n) is 2.71. The predicted molar refractivity (Wildman–Crippen MR) is 65.8 cm³/mol. The Balaban J connectivity index is 2.63. The smallest absolute Gasteiger partial charge is 0.132 e. The maximum atomic E-state index is 13.2. The summed E-state index contributed by atoms with van der Waals surface area (Å²) in [6.07, 6.45) is 0. The van der Waals surface area contributed by atoms with E-state index < -0.39 is 0 Å². The van der Waals surface area contributed by atoms with Crippen LogP contribution in [0.3, 0.4) is 0 Å². The first-order valence-electron chi connectivity index (χ1n) is 4.96. The molecular weight excluding hydrogens is 271 g/mol. The molecule has 0 atom stereocenters. The van der Waals surface area contributed by atoms with Crippen LogP contribution in [0.1, 0.15) is 11.4 Å². The molecule has 0 N–H and O–H groups in total. The van der Waals surface area contributed by atoms with E-state index in [-0.39, 0.29) is 5.82 Å². The fourth-order valence-corrected chi connectivity index (χ4v) is 2.43. The topological polar surface area (TPSA) is 17.8 Å². The summed E-state index contributed by atoms with van der Waals surface area (Å²) in [5.41, 5.74) is 2.58. The van der Waals surface area contributed by atoms with E-state index >= 15 is 0 Å². The molecular formula is C12H12BrFN2. The number of halogens is 2. The van der Waals surface area contributed by atoms with Crippen molar-refractivity contribution in [2.45, 2.75) is 13.8 Å². The molecule has 1 heterocycles. The van der Waals surface area contributed by atoms with Crippen LogP contribution < -0.4 is 0 Å². The molecule has 0 unspecified atom stereocenters. The Labute approximate surface area is 102 Å². The van der Waals surface area contributed by atoms with Crippen molar-refractivity contribution in [2.24, 2.45) is 7.05 Å². The van der Waals surface area contributed by atoms with E-state index in [1.165, 1.54) is 6.07 Å². The molecule has 1 aromatic carbocycles. The minimum absolute atomic E-state index is 0.182. The molecule has 2 aromatic rings. The maximum absolute atomic E-state index is 13.2. The Morgan fingerprint density at radius 2 is 2.00 bits per heavy atom. The zero-order valence-corrected chi connectivity index (χ0v) is 11.0. The molecule has 0 aliphatic rings. The minimum atomic E-state index is -0.182. The lowest BCUT2D eigenvalue weighted by molar-refractivity contribution is 0.618. The summed E-state index contributed by atoms with van der Waals surface area (Å²) in [5.74, 6) is 0.739. The molecule has 0 radical (unpaired) electrons. The maximum Gasteiger partial charge on any atom is 0.132 e. The van der Waals surface area contributed by atoms with Gasteiger partial charge in [0.2, 0.25) is 0 Å². The van der Waals surface area contributed by atoms with Gasteiger partial charge in [0.15, 0.2) is 0 Å². The number of imidazole rings is 1. The third-order valence-corrected chi connectivity index (χ3v) is 3.26. The van der Waals surface area contributed by atoms with E-state index in [2.05, 4.69) is 20.9 Å². The Morgan fingerprint density at radius 1 is 1.31 bits per heavy atom. The van der Waals surface area contributed by atoms with Crippen molar-refractivity contribution in [3.05, 3.63) is 40.0 Å². The van der Waals surface area contributed by atoms with Crippen LogP contribution >= 0.6 is 15.9 Å². The number of rotatable bonds is 1. The van der Waals surface area contributed by atoms with Crippen LogP contribution in [-0.4, -0.2) is 9.55 Å². The highest BCUT2D eigenvalue weighted by molar-refractivity contribution is 9.10. The second kappa shape index (κ2) is 4.01. The zero-order chi connectivity index (χ0) is 11.9. The summed E-state index contributed by atoms with van der Waals surface area (Å²) < 4.78 is 16.0. The van der Waals surface area contributed by atoms with E-state index in [0.29, 0.717) is 5.56 Å². The highest BCUT2D eigenvalue weighted by Crippen LogP contribution is 2.29. The van der Waals surface area contributed by atoms with Crippen LogP contribution in [0.4, 0.5) is 4.39 Å². The fraction of sp³-hybridized carbons (Fsp3) is 0.250. The van der Waals surface area contributed by atoms with Crippen molar-refractivity contribution >= 4 is 15.9 Å². The Hall–Kier alpha value is -1.16. The normalized spacial score (nSPS) is 10.8. The lowest BCUT2D eigenvalue weighted by atomic mass is 10.1. The molecule has 4 heteroatoms. The van der Waals surface area contributed by atoms with Crippen molar-refractivity contribution in [3.8, 4) is 11.3 Å². The second-order valence-electron chi connectivity index (χ2n) is 3.82. The van der Waals surface area contributed by atoms with Gasteiger partial charge in [0.05, 0.1) is 5.69 Å². The zero-order valence-electron chi connectivity index (χ0n) is 9.38. The Morgan fingerprint density at radius 3 is 2.50 bits per heavy atom. The van der Waals surface area contributed by atoms with E-state index in [9.17, 15) is 4.39 Å². The minimum Gasteiger partial charge on any atom is -0.330 e. The lowest BCUT2D eigenvalue weighted by Gasteiger charge is -2.06. The summed E-state index contributed by atoms with van der Waals surface area (Å²) in [7, 11) is 1.95. The van der Waals surface area contributed by atoms with Gasteiger partial charge in [-0.1, -0.05) is 0 Å². The van der Waals surface area contributed by atoms with Gasteiger partial charge >= 0.3 is 0 Å². The lowest BCUT2D eigenvalue weighted by Crippen LogP contribution is -1.95. The van der Waals surface area contributed by atoms with Gasteiger partial charge in [-0.2, -0.15) is 0 Å². The first-order chi connectivity index (χ1) is 7.50. The average molecular weight is 283 g/mol. The number of nitrogens with zero attached hydrogens (tertiary/aromatic N) is 2. The molecule has 0 spiro atoms. The van der Waals surface area contributed by atoms with Gasteiger partial charge in [-0.05, 0) is 53.5 Å². The van der Waals surface area contributed by atoms with E-state index in [0.717, 1.165) is 21.7 Å². The van der Waals surface area contributed by atoms with Gasteiger partial charge in [0.25, 0.3) is 0 Å². The fourth-order valence-electron chi connectivity index (χ4n) is 1.67. The molecule has 1 aromatic heterocycles. The second-order valence-corrected chi connectivity index (χ2v) is 4.57. The van der Waals surface area contributed by atoms with Gasteiger partial charge < -0.3 is 4.57 Å². The average Bonchev–Trinajstić information content (AvgIpc) is 2.47. The summed E-state index contributed by atoms with van der Waals surface area (Å²) >= 11 is 3.42. The first-order valence-corrected chi connectivity index (χ1v) is 5.75. The number of aromatic nitrogens is 2. The summed E-state index contributed by atoms with van der Waals surface area (Å²) in [6, 6.07) is 5.08. The quantitative estimate of drug-likeness (QED) is 0.781. The Kier molecular flexibility index (Phi) is 2.84. The summed E-state index contributed by atoms with van der Waals surface area (Å²) in [4.78, 5) is 4.32. The first kappa shape index (κ1) is 11.3. The Bertz CT molecular complexity index is 546. The molecule has 0 bridgehead atoms. The van der Waals surface area contributed by atoms with Gasteiger partial charge in [-0.15, -0.1) is 0 Å². The van der Waals surface area contributed by atoms with Crippen LogP contribution in [0.5, 0.6) is 0 Å². The van der Waals surface area contributed by atoms with E-state index in [1.54, 1.807) is 13.0 Å². The molecule has 0 amide bonds. The van der Waals surface area contributed by atoms with Crippen LogP contribution in [0.15, 0.2) is 22.8 Å². The van der Waals surface area contributed by atoms with Gasteiger partial charge in [-0.25, -0.2) is 9.37 Å². The SMILES string of the molecule is Cc1cc(-c2c(Br)nc(C)n2C)ccc1F. The van der Waals surface area contributed by atoms with Crippen molar-refractivity contribution in [2.75, 3.05) is 0 Å². The van der Waals surface area contributed by atoms with E-state index in [1.807, 2.05) is 24.6 Å². The monoisotopic (exact) mass is 282 g/mol. The summed E-state index contributed by atoms with van der Waals surface area (Å²) in [6.45, 7) is 3.70. The van der Waals surface area contributed by atoms with Gasteiger partial charge in [-0.3, -0.25) is 0 Å². The van der Waals surface area contributed by atoms with Gasteiger partial charge in [0.1, 0.15) is 16.2 Å². The highest BCUT2D eigenvalue weighted by Gasteiger charge is 2.12. The molecule has 0 saturated heterocycles. The van der Waals surface area contributed by atoms with E-state index in [4.69, 9.17) is 0 Å². The predicted octanol–water partition coefficient (Wildman–Crippen LogP) is 3.61. The number of aryl methyl sites for hydroxylation is 2. The number of benzene rings is 1. The van der Waals surface area contributed by atoms with Gasteiger partial charge in [0, 0.05) is 12.6 Å². The highest BCUT2D eigenvalue weighted by atomic mass is 79.9. The molecule has 0 aliphatic carbocycles. The molecule has 0 fully saturated rings. The van der Waals surface area contributed by atoms with Crippen LogP contribution in [-0.2, 0) is 7.05 Å². The molecule has 16 heavy (non-hydrogen) atoms. The van der Waals surface area contributed by atoms with Crippen molar-refractivity contribution in [1.29, 1.82) is 0 Å². The van der Waals surface area contributed by atoms with Crippen LogP contribution in [0, 0.1) is 19.7 Å². The standard InChI is InChI=1S/C12H12BrFN2/c1-7-6-9(4-5-10(7)14)11-12(13)15-8(2)16(11)3/h4-6H,1-3H3. The number of hydrogen-bond donors (Lipinski definition) is 0. The number of hydrogen-bond acceptors (Lipinski definition) is 1. The van der Waals surface area contributed by atoms with Crippen molar-refractivity contribution in [3.63, 3.8) is 0 Å². The molecule has 0 saturated carbocycles. The van der Waals surface area contributed by atoms with Crippen LogP contribution in [0.2, 0.25) is 0 Å². The van der Waals surface area contributed by atoms with Crippen molar-refractivity contribution < 1.29 is 4.39 Å².